The second kappa shape index (κ2) is 15.4. The average molecular weight is 771 g/mol. The minimum atomic E-state index is -0.281. The van der Waals surface area contributed by atoms with Gasteiger partial charge in [0.1, 0.15) is 0 Å². The molecule has 296 valence electrons. The van der Waals surface area contributed by atoms with E-state index in [0.717, 1.165) is 32.1 Å². The zero-order chi connectivity index (χ0) is 40.8. The smallest absolute Gasteiger partial charge is 0.0697 e. The summed E-state index contributed by atoms with van der Waals surface area (Å²) in [5.74, 6) is 0. The number of hydrogen-bond acceptors (Lipinski definition) is 2. The molecule has 7 aromatic rings. The standard InChI is InChI=1S/C57H58N2/c1-7-38-56(6,58(45-26-12-10-13-27-45)53-32-20-24-41-22-16-18-30-47(41)53)43-34-36-49-50-37-35-44(40-52(50)55(4,5)51(49)39-43)57(8-2,9-3)59(46-28-14-11-15-29-46)54-33-21-25-42-23-17-19-31-48(42)54/h10-31,33-37,39-40,53H,7-9,32,38H2,1-6H3. The van der Waals surface area contributed by atoms with Gasteiger partial charge in [0, 0.05) is 27.9 Å². The molecule has 59 heavy (non-hydrogen) atoms. The van der Waals surface area contributed by atoms with Crippen molar-refractivity contribution in [3.8, 4) is 11.1 Å². The van der Waals surface area contributed by atoms with Gasteiger partial charge in [-0.15, -0.1) is 0 Å². The van der Waals surface area contributed by atoms with Crippen molar-refractivity contribution in [3.63, 3.8) is 0 Å². The van der Waals surface area contributed by atoms with E-state index in [0.29, 0.717) is 0 Å². The van der Waals surface area contributed by atoms with Crippen LogP contribution in [0.25, 0.3) is 28.0 Å². The van der Waals surface area contributed by atoms with Crippen molar-refractivity contribution in [1.29, 1.82) is 0 Å². The van der Waals surface area contributed by atoms with E-state index in [1.54, 1.807) is 0 Å². The zero-order valence-electron chi connectivity index (χ0n) is 35.8. The summed E-state index contributed by atoms with van der Waals surface area (Å²) in [5.41, 5.74) is 14.1. The molecular weight excluding hydrogens is 713 g/mol. The molecule has 0 radical (unpaired) electrons. The van der Waals surface area contributed by atoms with Gasteiger partial charge < -0.3 is 9.80 Å². The Morgan fingerprint density at radius 2 is 1.20 bits per heavy atom. The molecule has 0 N–H and O–H groups in total. The van der Waals surface area contributed by atoms with Crippen molar-refractivity contribution in [3.05, 3.63) is 203 Å². The quantitative estimate of drug-likeness (QED) is 0.122. The number of rotatable bonds is 12. The minimum absolute atomic E-state index is 0.189. The molecule has 0 spiro atoms. The molecule has 0 bridgehead atoms. The molecule has 0 aromatic heterocycles. The lowest BCUT2D eigenvalue weighted by Gasteiger charge is -2.49. The summed E-state index contributed by atoms with van der Waals surface area (Å²) in [5, 5.41) is 2.54. The molecule has 0 amide bonds. The van der Waals surface area contributed by atoms with Gasteiger partial charge in [0.15, 0.2) is 0 Å². The highest BCUT2D eigenvalue weighted by molar-refractivity contribution is 5.97. The molecule has 2 unspecified atom stereocenters. The van der Waals surface area contributed by atoms with Gasteiger partial charge in [-0.2, -0.15) is 0 Å². The number of para-hydroxylation sites is 2. The lowest BCUT2D eigenvalue weighted by atomic mass is 9.76. The average Bonchev–Trinajstić information content (AvgIpc) is 3.51. The van der Waals surface area contributed by atoms with Crippen LogP contribution >= 0.6 is 0 Å². The maximum atomic E-state index is 2.76. The number of anilines is 3. The largest absolute Gasteiger partial charge is 0.355 e. The van der Waals surface area contributed by atoms with Gasteiger partial charge in [-0.25, -0.2) is 0 Å². The Morgan fingerprint density at radius 1 is 0.610 bits per heavy atom. The van der Waals surface area contributed by atoms with Crippen molar-refractivity contribution >= 4 is 33.9 Å². The Labute approximate surface area is 352 Å². The minimum Gasteiger partial charge on any atom is -0.355 e. The predicted octanol–water partition coefficient (Wildman–Crippen LogP) is 15.7. The first-order valence-corrected chi connectivity index (χ1v) is 22.0. The van der Waals surface area contributed by atoms with E-state index in [9.17, 15) is 0 Å². The van der Waals surface area contributed by atoms with Crippen molar-refractivity contribution in [1.82, 2.24) is 0 Å². The van der Waals surface area contributed by atoms with Crippen LogP contribution in [0.1, 0.15) is 113 Å². The van der Waals surface area contributed by atoms with Gasteiger partial charge in [-0.3, -0.25) is 0 Å². The first kappa shape index (κ1) is 38.6. The molecule has 0 fully saturated rings. The summed E-state index contributed by atoms with van der Waals surface area (Å²) in [7, 11) is 0. The third-order valence-corrected chi connectivity index (χ3v) is 14.1. The topological polar surface area (TPSA) is 6.48 Å². The third kappa shape index (κ3) is 6.31. The summed E-state index contributed by atoms with van der Waals surface area (Å²) < 4.78 is 0. The molecule has 7 aromatic carbocycles. The van der Waals surface area contributed by atoms with Gasteiger partial charge in [0.05, 0.1) is 17.1 Å². The van der Waals surface area contributed by atoms with Crippen LogP contribution in [0, 0.1) is 0 Å². The number of fused-ring (bicyclic) bond motifs is 5. The molecule has 2 atom stereocenters. The molecule has 9 rings (SSSR count). The zero-order valence-corrected chi connectivity index (χ0v) is 35.8. The fourth-order valence-corrected chi connectivity index (χ4v) is 11.0. The lowest BCUT2D eigenvalue weighted by molar-refractivity contribution is 0.360. The van der Waals surface area contributed by atoms with Crippen molar-refractivity contribution in [2.45, 2.75) is 96.2 Å². The first-order valence-electron chi connectivity index (χ1n) is 22.0. The molecule has 0 aliphatic heterocycles. The van der Waals surface area contributed by atoms with Crippen LogP contribution in [0.3, 0.4) is 0 Å². The molecule has 2 aliphatic carbocycles. The van der Waals surface area contributed by atoms with Crippen LogP contribution in [0.15, 0.2) is 170 Å². The summed E-state index contributed by atoms with van der Waals surface area (Å²) in [6.07, 6.45) is 9.71. The van der Waals surface area contributed by atoms with Gasteiger partial charge in [-0.05, 0) is 113 Å². The Morgan fingerprint density at radius 3 is 1.90 bits per heavy atom. The molecule has 0 saturated carbocycles. The summed E-state index contributed by atoms with van der Waals surface area (Å²) in [4.78, 5) is 5.41. The fourth-order valence-electron chi connectivity index (χ4n) is 11.0. The molecule has 2 heteroatoms. The third-order valence-electron chi connectivity index (χ3n) is 14.1. The summed E-state index contributed by atoms with van der Waals surface area (Å²) >= 11 is 0. The van der Waals surface area contributed by atoms with Gasteiger partial charge in [0.2, 0.25) is 0 Å². The monoisotopic (exact) mass is 770 g/mol. The van der Waals surface area contributed by atoms with E-state index in [2.05, 4.69) is 227 Å². The number of benzene rings is 7. The number of nitrogens with zero attached hydrogens (tertiary/aromatic N) is 2. The Kier molecular flexibility index (Phi) is 10.1. The second-order valence-electron chi connectivity index (χ2n) is 17.6. The maximum absolute atomic E-state index is 2.76. The SMILES string of the molecule is CCCC(C)(c1ccc2c(c1)C(C)(C)c1cc(C(CC)(CC)N(c3ccccc3)c3cccc4ccccc34)ccc1-2)N(c1ccccc1)C1CC=Cc2ccccc21. The highest BCUT2D eigenvalue weighted by atomic mass is 15.2. The van der Waals surface area contributed by atoms with Crippen LogP contribution < -0.4 is 9.80 Å². The van der Waals surface area contributed by atoms with Crippen LogP contribution in [0.4, 0.5) is 17.1 Å². The highest BCUT2D eigenvalue weighted by Gasteiger charge is 2.44. The normalized spacial score (nSPS) is 16.2. The van der Waals surface area contributed by atoms with Crippen molar-refractivity contribution in [2.24, 2.45) is 0 Å². The van der Waals surface area contributed by atoms with E-state index in [-0.39, 0.29) is 22.5 Å². The lowest BCUT2D eigenvalue weighted by Crippen LogP contribution is -2.47. The predicted molar refractivity (Wildman–Crippen MR) is 253 cm³/mol. The van der Waals surface area contributed by atoms with E-state index in [4.69, 9.17) is 0 Å². The van der Waals surface area contributed by atoms with Crippen molar-refractivity contribution in [2.75, 3.05) is 9.80 Å². The Balaban J connectivity index is 1.17. The van der Waals surface area contributed by atoms with Crippen LogP contribution in [-0.2, 0) is 16.5 Å². The van der Waals surface area contributed by atoms with Crippen LogP contribution in [-0.4, -0.2) is 0 Å². The maximum Gasteiger partial charge on any atom is 0.0697 e. The molecule has 0 heterocycles. The van der Waals surface area contributed by atoms with Crippen molar-refractivity contribution < 1.29 is 0 Å². The molecule has 2 nitrogen and oxygen atoms in total. The second-order valence-corrected chi connectivity index (χ2v) is 17.6. The Bertz CT molecular complexity index is 2630. The van der Waals surface area contributed by atoms with E-state index < -0.39 is 0 Å². The molecular formula is C57H58N2. The van der Waals surface area contributed by atoms with Crippen LogP contribution in [0.5, 0.6) is 0 Å². The van der Waals surface area contributed by atoms with Crippen LogP contribution in [0.2, 0.25) is 0 Å². The van der Waals surface area contributed by atoms with Gasteiger partial charge in [-0.1, -0.05) is 187 Å². The van der Waals surface area contributed by atoms with E-state index in [1.807, 2.05) is 0 Å². The molecule has 2 aliphatic rings. The van der Waals surface area contributed by atoms with E-state index >= 15 is 0 Å². The van der Waals surface area contributed by atoms with Gasteiger partial charge in [0.25, 0.3) is 0 Å². The van der Waals surface area contributed by atoms with E-state index in [1.165, 1.54) is 72.3 Å². The summed E-state index contributed by atoms with van der Waals surface area (Å²) in [6.45, 7) is 14.5. The summed E-state index contributed by atoms with van der Waals surface area (Å²) in [6, 6.07) is 62.0. The number of hydrogen-bond donors (Lipinski definition) is 0. The highest BCUT2D eigenvalue weighted by Crippen LogP contribution is 2.54. The van der Waals surface area contributed by atoms with Gasteiger partial charge >= 0.3 is 0 Å². The molecule has 0 saturated heterocycles. The fraction of sp³-hybridized carbons (Fsp3) is 0.263. The Hall–Kier alpha value is -5.86. The first-order chi connectivity index (χ1) is 28.7.